The van der Waals surface area contributed by atoms with E-state index in [1.807, 2.05) is 0 Å². The van der Waals surface area contributed by atoms with Crippen LogP contribution in [0.15, 0.2) is 36.7 Å². The molecule has 2 heterocycles. The zero-order chi connectivity index (χ0) is 13.4. The number of anilines is 1. The number of fused-ring (bicyclic) bond motifs is 1. The molecule has 3 aromatic rings. The number of hydrogen-bond acceptors (Lipinski definition) is 3. The van der Waals surface area contributed by atoms with E-state index in [1.165, 1.54) is 12.1 Å². The number of pyridine rings is 1. The van der Waals surface area contributed by atoms with Crippen molar-refractivity contribution in [3.8, 4) is 11.5 Å². The molecule has 2 aromatic heterocycles. The molecule has 0 unspecified atom stereocenters. The third kappa shape index (κ3) is 2.08. The number of benzene rings is 1. The smallest absolute Gasteiger partial charge is 0.167 e. The third-order valence-electron chi connectivity index (χ3n) is 2.66. The Labute approximate surface area is 113 Å². The SMILES string of the molecule is Nc1ccc(Oc2ccnc3[nH]cc(Cl)c23)c(F)c1. The van der Waals surface area contributed by atoms with E-state index < -0.39 is 5.82 Å². The molecule has 0 aliphatic carbocycles. The largest absolute Gasteiger partial charge is 0.453 e. The lowest BCUT2D eigenvalue weighted by molar-refractivity contribution is 0.446. The molecule has 96 valence electrons. The maximum absolute atomic E-state index is 13.7. The molecule has 0 spiro atoms. The molecule has 4 nitrogen and oxygen atoms in total. The van der Waals surface area contributed by atoms with Crippen LogP contribution in [0.1, 0.15) is 0 Å². The molecule has 0 bridgehead atoms. The summed E-state index contributed by atoms with van der Waals surface area (Å²) in [4.78, 5) is 7.01. The predicted octanol–water partition coefficient (Wildman–Crippen LogP) is 3.73. The van der Waals surface area contributed by atoms with Crippen LogP contribution in [-0.2, 0) is 0 Å². The molecule has 1 aromatic carbocycles. The van der Waals surface area contributed by atoms with Crippen molar-refractivity contribution in [1.29, 1.82) is 0 Å². The fourth-order valence-corrected chi connectivity index (χ4v) is 2.03. The first-order valence-corrected chi connectivity index (χ1v) is 5.87. The van der Waals surface area contributed by atoms with Gasteiger partial charge in [0.2, 0.25) is 0 Å². The van der Waals surface area contributed by atoms with Gasteiger partial charge in [-0.05, 0) is 18.2 Å². The van der Waals surface area contributed by atoms with Crippen molar-refractivity contribution < 1.29 is 9.13 Å². The molecule has 0 amide bonds. The fourth-order valence-electron chi connectivity index (χ4n) is 1.79. The highest BCUT2D eigenvalue weighted by atomic mass is 35.5. The number of nitrogens with two attached hydrogens (primary N) is 1. The van der Waals surface area contributed by atoms with Gasteiger partial charge in [-0.15, -0.1) is 0 Å². The van der Waals surface area contributed by atoms with Gasteiger partial charge in [-0.2, -0.15) is 0 Å². The van der Waals surface area contributed by atoms with Gasteiger partial charge in [0.25, 0.3) is 0 Å². The van der Waals surface area contributed by atoms with Crippen LogP contribution in [0.25, 0.3) is 11.0 Å². The molecule has 3 rings (SSSR count). The summed E-state index contributed by atoms with van der Waals surface area (Å²) in [6.45, 7) is 0. The topological polar surface area (TPSA) is 63.9 Å². The molecule has 3 N–H and O–H groups in total. The summed E-state index contributed by atoms with van der Waals surface area (Å²) >= 11 is 6.04. The van der Waals surface area contributed by atoms with Crippen LogP contribution in [0, 0.1) is 5.82 Å². The summed E-state index contributed by atoms with van der Waals surface area (Å²) in [5.41, 5.74) is 6.41. The van der Waals surface area contributed by atoms with Crippen LogP contribution in [0.2, 0.25) is 5.02 Å². The van der Waals surface area contributed by atoms with Crippen LogP contribution >= 0.6 is 11.6 Å². The first kappa shape index (κ1) is 11.8. The van der Waals surface area contributed by atoms with Gasteiger partial charge in [-0.25, -0.2) is 9.37 Å². The van der Waals surface area contributed by atoms with Crippen LogP contribution < -0.4 is 10.5 Å². The second kappa shape index (κ2) is 4.44. The van der Waals surface area contributed by atoms with Crippen LogP contribution in [0.3, 0.4) is 0 Å². The average molecular weight is 278 g/mol. The molecule has 19 heavy (non-hydrogen) atoms. The van der Waals surface area contributed by atoms with E-state index in [1.54, 1.807) is 24.5 Å². The minimum absolute atomic E-state index is 0.0824. The molecule has 0 saturated carbocycles. The Morgan fingerprint density at radius 3 is 2.89 bits per heavy atom. The predicted molar refractivity (Wildman–Crippen MR) is 72.0 cm³/mol. The number of hydrogen-bond donors (Lipinski definition) is 2. The molecular weight excluding hydrogens is 269 g/mol. The standard InChI is InChI=1S/C13H9ClFN3O/c14-8-6-18-13-12(8)11(3-4-17-13)19-10-2-1-7(16)5-9(10)15/h1-6H,16H2,(H,17,18). The Morgan fingerprint density at radius 2 is 2.11 bits per heavy atom. The maximum Gasteiger partial charge on any atom is 0.167 e. The van der Waals surface area contributed by atoms with Crippen LogP contribution in [-0.4, -0.2) is 9.97 Å². The van der Waals surface area contributed by atoms with Crippen molar-refractivity contribution in [2.75, 3.05) is 5.73 Å². The second-order valence-electron chi connectivity index (χ2n) is 3.96. The maximum atomic E-state index is 13.7. The van der Waals surface area contributed by atoms with Crippen molar-refractivity contribution >= 4 is 28.3 Å². The van der Waals surface area contributed by atoms with E-state index in [-0.39, 0.29) is 5.75 Å². The first-order chi connectivity index (χ1) is 9.15. The highest BCUT2D eigenvalue weighted by Crippen LogP contribution is 2.34. The average Bonchev–Trinajstić information content (AvgIpc) is 2.76. The van der Waals surface area contributed by atoms with Gasteiger partial charge in [0, 0.05) is 24.1 Å². The normalized spacial score (nSPS) is 10.8. The van der Waals surface area contributed by atoms with Crippen molar-refractivity contribution in [3.05, 3.63) is 47.5 Å². The number of ether oxygens (including phenoxy) is 1. The van der Waals surface area contributed by atoms with Gasteiger partial charge in [-0.1, -0.05) is 11.6 Å². The molecule has 0 fully saturated rings. The van der Waals surface area contributed by atoms with Crippen molar-refractivity contribution in [2.24, 2.45) is 0 Å². The molecule has 6 heteroatoms. The van der Waals surface area contributed by atoms with Gasteiger partial charge in [0.05, 0.1) is 10.4 Å². The van der Waals surface area contributed by atoms with Gasteiger partial charge >= 0.3 is 0 Å². The Hall–Kier alpha value is -2.27. The van der Waals surface area contributed by atoms with Gasteiger partial charge in [0.1, 0.15) is 11.4 Å². The molecule has 0 saturated heterocycles. The minimum atomic E-state index is -0.531. The molecule has 0 aliphatic heterocycles. The minimum Gasteiger partial charge on any atom is -0.453 e. The highest BCUT2D eigenvalue weighted by molar-refractivity contribution is 6.36. The van der Waals surface area contributed by atoms with E-state index >= 15 is 0 Å². The Balaban J connectivity index is 2.08. The number of H-pyrrole nitrogens is 1. The van der Waals surface area contributed by atoms with Gasteiger partial charge in [-0.3, -0.25) is 0 Å². The lowest BCUT2D eigenvalue weighted by Gasteiger charge is -2.08. The van der Waals surface area contributed by atoms with Crippen molar-refractivity contribution in [3.63, 3.8) is 0 Å². The number of nitrogens with zero attached hydrogens (tertiary/aromatic N) is 1. The summed E-state index contributed by atoms with van der Waals surface area (Å²) in [7, 11) is 0. The lowest BCUT2D eigenvalue weighted by Crippen LogP contribution is -1.92. The summed E-state index contributed by atoms with van der Waals surface area (Å²) in [6.07, 6.45) is 3.16. The lowest BCUT2D eigenvalue weighted by atomic mass is 10.3. The van der Waals surface area contributed by atoms with Crippen LogP contribution in [0.5, 0.6) is 11.5 Å². The zero-order valence-corrected chi connectivity index (χ0v) is 10.4. The van der Waals surface area contributed by atoms with E-state index in [0.29, 0.717) is 27.5 Å². The number of aromatic nitrogens is 2. The monoisotopic (exact) mass is 277 g/mol. The molecular formula is C13H9ClFN3O. The van der Waals surface area contributed by atoms with E-state index in [2.05, 4.69) is 9.97 Å². The Morgan fingerprint density at radius 1 is 1.26 bits per heavy atom. The van der Waals surface area contributed by atoms with Crippen molar-refractivity contribution in [2.45, 2.75) is 0 Å². The van der Waals surface area contributed by atoms with E-state index in [0.717, 1.165) is 0 Å². The van der Waals surface area contributed by atoms with Gasteiger partial charge in [0.15, 0.2) is 11.6 Å². The third-order valence-corrected chi connectivity index (χ3v) is 2.96. The molecule has 0 aliphatic rings. The molecule has 0 radical (unpaired) electrons. The second-order valence-corrected chi connectivity index (χ2v) is 4.37. The number of aromatic amines is 1. The zero-order valence-electron chi connectivity index (χ0n) is 9.65. The number of halogens is 2. The first-order valence-electron chi connectivity index (χ1n) is 5.49. The van der Waals surface area contributed by atoms with E-state index in [4.69, 9.17) is 22.1 Å². The van der Waals surface area contributed by atoms with E-state index in [9.17, 15) is 4.39 Å². The quantitative estimate of drug-likeness (QED) is 0.702. The number of nitrogen functional groups attached to an aromatic ring is 1. The summed E-state index contributed by atoms with van der Waals surface area (Å²) < 4.78 is 19.2. The van der Waals surface area contributed by atoms with Gasteiger partial charge < -0.3 is 15.5 Å². The summed E-state index contributed by atoms with van der Waals surface area (Å²) in [6, 6.07) is 5.86. The fraction of sp³-hybridized carbons (Fsp3) is 0. The highest BCUT2D eigenvalue weighted by Gasteiger charge is 2.12. The number of rotatable bonds is 2. The van der Waals surface area contributed by atoms with Crippen molar-refractivity contribution in [1.82, 2.24) is 9.97 Å². The Bertz CT molecular complexity index is 757. The summed E-state index contributed by atoms with van der Waals surface area (Å²) in [5, 5.41) is 1.08. The number of nitrogens with one attached hydrogen (secondary N) is 1. The van der Waals surface area contributed by atoms with Crippen LogP contribution in [0.4, 0.5) is 10.1 Å². The Kier molecular flexibility index (Phi) is 2.76. The molecule has 0 atom stereocenters. The summed E-state index contributed by atoms with van der Waals surface area (Å²) in [5.74, 6) is -0.0180.